The van der Waals surface area contributed by atoms with Gasteiger partial charge in [-0.3, -0.25) is 4.90 Å². The van der Waals surface area contributed by atoms with Gasteiger partial charge in [0.1, 0.15) is 18.0 Å². The van der Waals surface area contributed by atoms with Crippen molar-refractivity contribution in [3.05, 3.63) is 42.2 Å². The van der Waals surface area contributed by atoms with Crippen LogP contribution in [0, 0.1) is 11.3 Å². The lowest BCUT2D eigenvalue weighted by molar-refractivity contribution is 0.0398. The molecular weight excluding hydrogens is 304 g/mol. The largest absolute Gasteiger partial charge is 0.379 e. The Bertz CT molecular complexity index is 691. The summed E-state index contributed by atoms with van der Waals surface area (Å²) in [4.78, 5) is 10.8. The van der Waals surface area contributed by atoms with Gasteiger partial charge < -0.3 is 15.4 Å². The molecule has 0 saturated carbocycles. The van der Waals surface area contributed by atoms with Crippen molar-refractivity contribution in [2.24, 2.45) is 0 Å². The number of nitrogens with zero attached hydrogens (tertiary/aromatic N) is 4. The number of nitrogens with one attached hydrogen (secondary N) is 2. The standard InChI is InChI=1S/C17H20N6O/c18-12-14-1-3-15(4-2-14)22-17-11-16(20-13-21-17)19-5-6-23-7-9-24-10-8-23/h1-4,11,13H,5-10H2,(H2,19,20,21,22). The number of benzene rings is 1. The first-order valence-electron chi connectivity index (χ1n) is 7.97. The van der Waals surface area contributed by atoms with E-state index in [-0.39, 0.29) is 0 Å². The first kappa shape index (κ1) is 16.2. The number of nitriles is 1. The Morgan fingerprint density at radius 3 is 2.62 bits per heavy atom. The molecule has 3 rings (SSSR count). The molecule has 1 fully saturated rings. The van der Waals surface area contributed by atoms with Crippen molar-refractivity contribution < 1.29 is 4.74 Å². The molecule has 1 aromatic heterocycles. The molecule has 7 heteroatoms. The lowest BCUT2D eigenvalue weighted by Gasteiger charge is -2.26. The lowest BCUT2D eigenvalue weighted by atomic mass is 10.2. The molecule has 2 N–H and O–H groups in total. The topological polar surface area (TPSA) is 86.1 Å². The Hall–Kier alpha value is -2.69. The van der Waals surface area contributed by atoms with Gasteiger partial charge >= 0.3 is 0 Å². The molecule has 0 unspecified atom stereocenters. The van der Waals surface area contributed by atoms with Crippen LogP contribution in [0.5, 0.6) is 0 Å². The molecule has 124 valence electrons. The van der Waals surface area contributed by atoms with E-state index in [9.17, 15) is 0 Å². The Kier molecular flexibility index (Phi) is 5.56. The molecule has 1 aromatic carbocycles. The summed E-state index contributed by atoms with van der Waals surface area (Å²) in [7, 11) is 0. The van der Waals surface area contributed by atoms with Crippen LogP contribution in [0.15, 0.2) is 36.7 Å². The van der Waals surface area contributed by atoms with Gasteiger partial charge in [-0.15, -0.1) is 0 Å². The summed E-state index contributed by atoms with van der Waals surface area (Å²) in [6, 6.07) is 11.2. The van der Waals surface area contributed by atoms with E-state index in [4.69, 9.17) is 10.00 Å². The molecule has 1 saturated heterocycles. The van der Waals surface area contributed by atoms with Crippen LogP contribution in [0.4, 0.5) is 17.3 Å². The molecule has 2 heterocycles. The average Bonchev–Trinajstić information content (AvgIpc) is 2.64. The number of anilines is 3. The summed E-state index contributed by atoms with van der Waals surface area (Å²) in [6.07, 6.45) is 1.53. The van der Waals surface area contributed by atoms with Crippen LogP contribution in [-0.2, 0) is 4.74 Å². The molecule has 1 aliphatic rings. The highest BCUT2D eigenvalue weighted by Gasteiger charge is 2.09. The molecule has 2 aromatic rings. The molecule has 0 aliphatic carbocycles. The van der Waals surface area contributed by atoms with E-state index in [1.807, 2.05) is 18.2 Å². The van der Waals surface area contributed by atoms with Crippen LogP contribution >= 0.6 is 0 Å². The zero-order valence-corrected chi connectivity index (χ0v) is 13.4. The Morgan fingerprint density at radius 1 is 1.12 bits per heavy atom. The fourth-order valence-corrected chi connectivity index (χ4v) is 2.47. The quantitative estimate of drug-likeness (QED) is 0.838. The molecule has 1 aliphatic heterocycles. The van der Waals surface area contributed by atoms with Crippen LogP contribution in [0.3, 0.4) is 0 Å². The third-order valence-corrected chi connectivity index (χ3v) is 3.79. The third-order valence-electron chi connectivity index (χ3n) is 3.79. The van der Waals surface area contributed by atoms with E-state index < -0.39 is 0 Å². The smallest absolute Gasteiger partial charge is 0.135 e. The predicted molar refractivity (Wildman–Crippen MR) is 92.2 cm³/mol. The maximum absolute atomic E-state index is 8.82. The number of morpholine rings is 1. The van der Waals surface area contributed by atoms with E-state index in [0.717, 1.165) is 50.9 Å². The molecular formula is C17H20N6O. The first-order valence-corrected chi connectivity index (χ1v) is 7.97. The van der Waals surface area contributed by atoms with Crippen LogP contribution in [0.2, 0.25) is 0 Å². The van der Waals surface area contributed by atoms with Gasteiger partial charge in [0.15, 0.2) is 0 Å². The highest BCUT2D eigenvalue weighted by Crippen LogP contribution is 2.16. The SMILES string of the molecule is N#Cc1ccc(Nc2cc(NCCN3CCOCC3)ncn2)cc1. The Morgan fingerprint density at radius 2 is 1.88 bits per heavy atom. The van der Waals surface area contributed by atoms with Crippen molar-refractivity contribution in [2.75, 3.05) is 50.0 Å². The molecule has 24 heavy (non-hydrogen) atoms. The van der Waals surface area contributed by atoms with E-state index in [1.54, 1.807) is 12.1 Å². The van der Waals surface area contributed by atoms with Crippen molar-refractivity contribution in [1.29, 1.82) is 5.26 Å². The molecule has 0 amide bonds. The van der Waals surface area contributed by atoms with Crippen molar-refractivity contribution in [2.45, 2.75) is 0 Å². The lowest BCUT2D eigenvalue weighted by Crippen LogP contribution is -2.39. The van der Waals surface area contributed by atoms with Gasteiger partial charge in [-0.25, -0.2) is 9.97 Å². The zero-order valence-electron chi connectivity index (χ0n) is 13.4. The summed E-state index contributed by atoms with van der Waals surface area (Å²) in [6.45, 7) is 5.38. The van der Waals surface area contributed by atoms with Crippen molar-refractivity contribution in [3.63, 3.8) is 0 Å². The minimum atomic E-state index is 0.633. The monoisotopic (exact) mass is 324 g/mol. The minimum absolute atomic E-state index is 0.633. The minimum Gasteiger partial charge on any atom is -0.379 e. The average molecular weight is 324 g/mol. The zero-order chi connectivity index (χ0) is 16.6. The summed E-state index contributed by atoms with van der Waals surface area (Å²) >= 11 is 0. The Labute approximate surface area is 141 Å². The highest BCUT2D eigenvalue weighted by atomic mass is 16.5. The maximum Gasteiger partial charge on any atom is 0.135 e. The molecule has 7 nitrogen and oxygen atoms in total. The van der Waals surface area contributed by atoms with Gasteiger partial charge in [0.05, 0.1) is 24.8 Å². The Balaban J connectivity index is 1.52. The summed E-state index contributed by atoms with van der Waals surface area (Å²) in [5.41, 5.74) is 1.51. The summed E-state index contributed by atoms with van der Waals surface area (Å²) in [5.74, 6) is 1.50. The predicted octanol–water partition coefficient (Wildman–Crippen LogP) is 1.84. The first-order chi connectivity index (χ1) is 11.8. The van der Waals surface area contributed by atoms with Crippen LogP contribution in [0.25, 0.3) is 0 Å². The number of aromatic nitrogens is 2. The van der Waals surface area contributed by atoms with Crippen molar-refractivity contribution in [3.8, 4) is 6.07 Å². The fourth-order valence-electron chi connectivity index (χ4n) is 2.47. The van der Waals surface area contributed by atoms with E-state index in [2.05, 4.69) is 31.6 Å². The number of rotatable bonds is 6. The van der Waals surface area contributed by atoms with E-state index in [1.165, 1.54) is 6.33 Å². The normalized spacial score (nSPS) is 14.8. The van der Waals surface area contributed by atoms with Gasteiger partial charge in [-0.05, 0) is 24.3 Å². The molecule has 0 radical (unpaired) electrons. The highest BCUT2D eigenvalue weighted by molar-refractivity contribution is 5.59. The maximum atomic E-state index is 8.82. The van der Waals surface area contributed by atoms with Gasteiger partial charge in [-0.1, -0.05) is 0 Å². The van der Waals surface area contributed by atoms with E-state index in [0.29, 0.717) is 11.4 Å². The second-order valence-electron chi connectivity index (χ2n) is 5.48. The second kappa shape index (κ2) is 8.24. The van der Waals surface area contributed by atoms with Gasteiger partial charge in [-0.2, -0.15) is 5.26 Å². The molecule has 0 bridgehead atoms. The van der Waals surface area contributed by atoms with Gasteiger partial charge in [0.25, 0.3) is 0 Å². The van der Waals surface area contributed by atoms with Crippen molar-refractivity contribution in [1.82, 2.24) is 14.9 Å². The number of hydrogen-bond acceptors (Lipinski definition) is 7. The van der Waals surface area contributed by atoms with Crippen LogP contribution in [-0.4, -0.2) is 54.3 Å². The van der Waals surface area contributed by atoms with Gasteiger partial charge in [0.2, 0.25) is 0 Å². The van der Waals surface area contributed by atoms with E-state index >= 15 is 0 Å². The number of hydrogen-bond donors (Lipinski definition) is 2. The summed E-state index contributed by atoms with van der Waals surface area (Å²) in [5, 5.41) is 15.3. The van der Waals surface area contributed by atoms with Crippen LogP contribution in [0.1, 0.15) is 5.56 Å². The third kappa shape index (κ3) is 4.65. The molecule has 0 spiro atoms. The number of ether oxygens (including phenoxy) is 1. The molecule has 0 atom stereocenters. The van der Waals surface area contributed by atoms with Crippen molar-refractivity contribution >= 4 is 17.3 Å². The summed E-state index contributed by atoms with van der Waals surface area (Å²) < 4.78 is 5.34. The fraction of sp³-hybridized carbons (Fsp3) is 0.353. The second-order valence-corrected chi connectivity index (χ2v) is 5.48. The van der Waals surface area contributed by atoms with Crippen LogP contribution < -0.4 is 10.6 Å². The van der Waals surface area contributed by atoms with Gasteiger partial charge in [0, 0.05) is 37.9 Å².